The van der Waals surface area contributed by atoms with Gasteiger partial charge in [-0.05, 0) is 12.1 Å². The van der Waals surface area contributed by atoms with Crippen LogP contribution in [0.5, 0.6) is 0 Å². The summed E-state index contributed by atoms with van der Waals surface area (Å²) in [6, 6.07) is 5.71. The number of nitrogens with zero attached hydrogens (tertiary/aromatic N) is 2. The minimum Gasteiger partial charge on any atom is -0.399 e. The Morgan fingerprint density at radius 3 is 2.04 bits per heavy atom. The van der Waals surface area contributed by atoms with E-state index in [1.807, 2.05) is 0 Å². The second-order valence-corrected chi connectivity index (χ2v) is 4.83. The molecule has 9 heteroatoms. The van der Waals surface area contributed by atoms with Crippen LogP contribution in [0.15, 0.2) is 30.3 Å². The van der Waals surface area contributed by atoms with Gasteiger partial charge in [0, 0.05) is 28.9 Å². The first-order valence-corrected chi connectivity index (χ1v) is 6.27. The zero-order valence-corrected chi connectivity index (χ0v) is 11.3. The number of nitrogen functional groups attached to an aromatic ring is 1. The van der Waals surface area contributed by atoms with E-state index in [4.69, 9.17) is 5.73 Å². The SMILES string of the molecule is Nc1cc2c(c([N+](=O)[O-])c1)C(=O)c1c(cccc1[N+](=O)[O-])C2=O. The Labute approximate surface area is 127 Å². The topological polar surface area (TPSA) is 146 Å². The minimum absolute atomic E-state index is 0.0505. The van der Waals surface area contributed by atoms with E-state index in [1.54, 1.807) is 0 Å². The summed E-state index contributed by atoms with van der Waals surface area (Å²) in [5.41, 5.74) is 2.96. The van der Waals surface area contributed by atoms with Crippen molar-refractivity contribution in [2.45, 2.75) is 0 Å². The van der Waals surface area contributed by atoms with Gasteiger partial charge in [-0.1, -0.05) is 6.07 Å². The molecular formula is C14H7N3O6. The predicted octanol–water partition coefficient (Wildman–Crippen LogP) is 1.86. The largest absolute Gasteiger partial charge is 0.399 e. The summed E-state index contributed by atoms with van der Waals surface area (Å²) in [6.45, 7) is 0. The maximum absolute atomic E-state index is 12.6. The number of fused-ring (bicyclic) bond motifs is 2. The molecule has 0 heterocycles. The number of anilines is 1. The fourth-order valence-electron chi connectivity index (χ4n) is 2.60. The highest BCUT2D eigenvalue weighted by Crippen LogP contribution is 2.38. The number of nitro groups is 2. The molecule has 0 saturated heterocycles. The zero-order valence-electron chi connectivity index (χ0n) is 11.3. The zero-order chi connectivity index (χ0) is 16.9. The molecule has 2 aromatic carbocycles. The molecule has 3 rings (SSSR count). The summed E-state index contributed by atoms with van der Waals surface area (Å²) in [5.74, 6) is -1.65. The lowest BCUT2D eigenvalue weighted by atomic mass is 9.82. The third kappa shape index (κ3) is 1.94. The van der Waals surface area contributed by atoms with Gasteiger partial charge in [0.1, 0.15) is 11.1 Å². The summed E-state index contributed by atoms with van der Waals surface area (Å²) in [6.07, 6.45) is 0. The monoisotopic (exact) mass is 313 g/mol. The Hall–Kier alpha value is -3.62. The number of hydrogen-bond donors (Lipinski definition) is 1. The lowest BCUT2D eigenvalue weighted by Gasteiger charge is -2.17. The molecule has 0 aromatic heterocycles. The Bertz CT molecular complexity index is 934. The molecule has 0 spiro atoms. The number of benzene rings is 2. The molecule has 0 bridgehead atoms. The summed E-state index contributed by atoms with van der Waals surface area (Å²) in [7, 11) is 0. The van der Waals surface area contributed by atoms with Crippen molar-refractivity contribution >= 4 is 28.6 Å². The molecule has 1 aliphatic carbocycles. The molecule has 0 aliphatic heterocycles. The van der Waals surface area contributed by atoms with E-state index in [1.165, 1.54) is 12.1 Å². The number of hydrogen-bond acceptors (Lipinski definition) is 7. The van der Waals surface area contributed by atoms with Crippen molar-refractivity contribution < 1.29 is 19.4 Å². The van der Waals surface area contributed by atoms with Crippen molar-refractivity contribution in [3.05, 3.63) is 72.8 Å². The molecule has 0 saturated carbocycles. The van der Waals surface area contributed by atoms with E-state index in [0.717, 1.165) is 18.2 Å². The highest BCUT2D eigenvalue weighted by atomic mass is 16.6. The minimum atomic E-state index is -0.936. The van der Waals surface area contributed by atoms with Crippen molar-refractivity contribution in [3.63, 3.8) is 0 Å². The average molecular weight is 313 g/mol. The lowest BCUT2D eigenvalue weighted by Crippen LogP contribution is -2.23. The van der Waals surface area contributed by atoms with Gasteiger partial charge in [-0.3, -0.25) is 29.8 Å². The first kappa shape index (κ1) is 14.3. The molecule has 2 aromatic rings. The van der Waals surface area contributed by atoms with E-state index < -0.39 is 43.9 Å². The summed E-state index contributed by atoms with van der Waals surface area (Å²) < 4.78 is 0. The molecular weight excluding hydrogens is 306 g/mol. The first-order chi connectivity index (χ1) is 10.8. The molecule has 1 aliphatic rings. The van der Waals surface area contributed by atoms with Gasteiger partial charge in [-0.25, -0.2) is 0 Å². The number of carbonyl (C=O) groups is 2. The highest BCUT2D eigenvalue weighted by molar-refractivity contribution is 6.31. The Kier molecular flexibility index (Phi) is 2.93. The number of nitro benzene ring substituents is 2. The van der Waals surface area contributed by atoms with Crippen molar-refractivity contribution in [3.8, 4) is 0 Å². The van der Waals surface area contributed by atoms with Crippen LogP contribution < -0.4 is 5.73 Å². The van der Waals surface area contributed by atoms with Crippen molar-refractivity contribution in [2.24, 2.45) is 0 Å². The summed E-state index contributed by atoms with van der Waals surface area (Å²) in [5, 5.41) is 22.3. The molecule has 114 valence electrons. The molecule has 0 radical (unpaired) electrons. The van der Waals surface area contributed by atoms with E-state index in [0.29, 0.717) is 0 Å². The van der Waals surface area contributed by atoms with Crippen LogP contribution in [0.3, 0.4) is 0 Å². The van der Waals surface area contributed by atoms with Gasteiger partial charge in [-0.2, -0.15) is 0 Å². The van der Waals surface area contributed by atoms with Gasteiger partial charge in [-0.15, -0.1) is 0 Å². The van der Waals surface area contributed by atoms with Crippen LogP contribution in [-0.2, 0) is 0 Å². The van der Waals surface area contributed by atoms with Crippen LogP contribution in [0, 0.1) is 20.2 Å². The Morgan fingerprint density at radius 2 is 1.43 bits per heavy atom. The maximum atomic E-state index is 12.6. The smallest absolute Gasteiger partial charge is 0.283 e. The van der Waals surface area contributed by atoms with E-state index in [9.17, 15) is 29.8 Å². The normalized spacial score (nSPS) is 12.5. The second kappa shape index (κ2) is 4.70. The molecule has 0 atom stereocenters. The predicted molar refractivity (Wildman–Crippen MR) is 77.5 cm³/mol. The Morgan fingerprint density at radius 1 is 0.826 bits per heavy atom. The molecule has 9 nitrogen and oxygen atoms in total. The van der Waals surface area contributed by atoms with Crippen LogP contribution in [0.4, 0.5) is 17.1 Å². The van der Waals surface area contributed by atoms with Crippen LogP contribution in [0.25, 0.3) is 0 Å². The number of rotatable bonds is 2. The van der Waals surface area contributed by atoms with E-state index in [2.05, 4.69) is 0 Å². The third-order valence-electron chi connectivity index (χ3n) is 3.52. The number of carbonyl (C=O) groups excluding carboxylic acids is 2. The van der Waals surface area contributed by atoms with Crippen molar-refractivity contribution in [2.75, 3.05) is 5.73 Å². The van der Waals surface area contributed by atoms with Gasteiger partial charge in [0.2, 0.25) is 5.78 Å². The van der Waals surface area contributed by atoms with Crippen molar-refractivity contribution in [1.82, 2.24) is 0 Å². The maximum Gasteiger partial charge on any atom is 0.283 e. The quantitative estimate of drug-likeness (QED) is 0.431. The molecule has 0 fully saturated rings. The van der Waals surface area contributed by atoms with Gasteiger partial charge in [0.25, 0.3) is 11.4 Å². The van der Waals surface area contributed by atoms with Gasteiger partial charge >= 0.3 is 0 Å². The number of ketones is 2. The average Bonchev–Trinajstić information content (AvgIpc) is 2.50. The molecule has 23 heavy (non-hydrogen) atoms. The summed E-state index contributed by atoms with van der Waals surface area (Å²) in [4.78, 5) is 45.7. The van der Waals surface area contributed by atoms with Crippen LogP contribution in [0.2, 0.25) is 0 Å². The number of nitrogens with two attached hydrogens (primary N) is 1. The molecule has 0 amide bonds. The Balaban J connectivity index is 2.41. The van der Waals surface area contributed by atoms with E-state index >= 15 is 0 Å². The fourth-order valence-corrected chi connectivity index (χ4v) is 2.60. The second-order valence-electron chi connectivity index (χ2n) is 4.83. The molecule has 0 unspecified atom stereocenters. The highest BCUT2D eigenvalue weighted by Gasteiger charge is 2.40. The fraction of sp³-hybridized carbons (Fsp3) is 0. The van der Waals surface area contributed by atoms with Gasteiger partial charge in [0.05, 0.1) is 9.85 Å². The van der Waals surface area contributed by atoms with Crippen LogP contribution in [-0.4, -0.2) is 21.4 Å². The lowest BCUT2D eigenvalue weighted by molar-refractivity contribution is -0.385. The van der Waals surface area contributed by atoms with Gasteiger partial charge < -0.3 is 5.73 Å². The van der Waals surface area contributed by atoms with Gasteiger partial charge in [0.15, 0.2) is 5.78 Å². The van der Waals surface area contributed by atoms with Crippen molar-refractivity contribution in [1.29, 1.82) is 0 Å². The molecule has 2 N–H and O–H groups in total. The standard InChI is InChI=1S/C14H7N3O6/c15-6-4-8-12(10(5-6)17(22)23)14(19)11-7(13(8)18)2-1-3-9(11)16(20)21/h1-5H,15H2. The first-order valence-electron chi connectivity index (χ1n) is 6.27. The van der Waals surface area contributed by atoms with Crippen LogP contribution in [0.1, 0.15) is 31.8 Å². The summed E-state index contributed by atoms with van der Waals surface area (Å²) >= 11 is 0. The van der Waals surface area contributed by atoms with E-state index in [-0.39, 0.29) is 16.8 Å². The third-order valence-corrected chi connectivity index (χ3v) is 3.52. The van der Waals surface area contributed by atoms with Crippen LogP contribution >= 0.6 is 0 Å².